The number of rotatable bonds is 3. The van der Waals surface area contributed by atoms with Gasteiger partial charge in [0.15, 0.2) is 0 Å². The summed E-state index contributed by atoms with van der Waals surface area (Å²) in [5.41, 5.74) is 2.07. The monoisotopic (exact) mass is 320 g/mol. The summed E-state index contributed by atoms with van der Waals surface area (Å²) >= 11 is 1.61. The normalized spacial score (nSPS) is 23.1. The zero-order valence-corrected chi connectivity index (χ0v) is 14.1. The third-order valence-corrected chi connectivity index (χ3v) is 5.70. The summed E-state index contributed by atoms with van der Waals surface area (Å²) in [6.45, 7) is 10.3. The Labute approximate surface area is 135 Å². The number of ether oxygens (including phenoxy) is 1. The fourth-order valence-corrected chi connectivity index (χ4v) is 4.66. The minimum absolute atomic E-state index is 0.000799. The predicted molar refractivity (Wildman–Crippen MR) is 89.5 cm³/mol. The van der Waals surface area contributed by atoms with Crippen molar-refractivity contribution in [2.24, 2.45) is 0 Å². The fourth-order valence-electron chi connectivity index (χ4n) is 3.36. The van der Waals surface area contributed by atoms with Crippen LogP contribution in [0.5, 0.6) is 0 Å². The van der Waals surface area contributed by atoms with Gasteiger partial charge in [0.25, 0.3) is 5.91 Å². The highest BCUT2D eigenvalue weighted by molar-refractivity contribution is 7.14. The van der Waals surface area contributed by atoms with Crippen LogP contribution in [0.3, 0.4) is 0 Å². The molecule has 5 heteroatoms. The molecule has 0 saturated carbocycles. The van der Waals surface area contributed by atoms with Gasteiger partial charge < -0.3 is 15.4 Å². The zero-order valence-electron chi connectivity index (χ0n) is 13.3. The van der Waals surface area contributed by atoms with Crippen LogP contribution >= 0.6 is 11.3 Å². The Balaban J connectivity index is 1.87. The topological polar surface area (TPSA) is 50.4 Å². The summed E-state index contributed by atoms with van der Waals surface area (Å²) in [6, 6.07) is 2.07. The molecule has 3 rings (SSSR count). The van der Waals surface area contributed by atoms with Crippen LogP contribution in [-0.2, 0) is 16.8 Å². The Bertz CT molecular complexity index is 587. The molecule has 1 saturated heterocycles. The first-order valence-corrected chi connectivity index (χ1v) is 8.76. The van der Waals surface area contributed by atoms with Crippen LogP contribution in [0, 0.1) is 0 Å². The van der Waals surface area contributed by atoms with E-state index >= 15 is 0 Å². The summed E-state index contributed by atoms with van der Waals surface area (Å²) in [7, 11) is 0. The maximum absolute atomic E-state index is 12.3. The molecule has 1 fully saturated rings. The number of nitrogens with one attached hydrogen (secondary N) is 2. The molecule has 1 atom stereocenters. The second-order valence-electron chi connectivity index (χ2n) is 6.48. The summed E-state index contributed by atoms with van der Waals surface area (Å²) in [5.74, 6) is -0.000799. The van der Waals surface area contributed by atoms with Crippen LogP contribution in [0.15, 0.2) is 18.2 Å². The van der Waals surface area contributed by atoms with Gasteiger partial charge in [-0.2, -0.15) is 0 Å². The second-order valence-corrected chi connectivity index (χ2v) is 7.53. The van der Waals surface area contributed by atoms with Crippen LogP contribution in [0.2, 0.25) is 0 Å². The van der Waals surface area contributed by atoms with Crippen molar-refractivity contribution in [2.75, 3.05) is 19.6 Å². The lowest BCUT2D eigenvalue weighted by Gasteiger charge is -2.43. The molecule has 22 heavy (non-hydrogen) atoms. The van der Waals surface area contributed by atoms with Crippen LogP contribution in [0.4, 0.5) is 0 Å². The predicted octanol–water partition coefficient (Wildman–Crippen LogP) is 2.59. The molecule has 1 amide bonds. The van der Waals surface area contributed by atoms with Crippen LogP contribution in [0.25, 0.3) is 0 Å². The summed E-state index contributed by atoms with van der Waals surface area (Å²) < 4.78 is 6.36. The second kappa shape index (κ2) is 6.14. The first kappa shape index (κ1) is 15.7. The molecule has 0 bridgehead atoms. The molecule has 3 heterocycles. The zero-order chi connectivity index (χ0) is 15.7. The van der Waals surface area contributed by atoms with Crippen LogP contribution < -0.4 is 10.6 Å². The van der Waals surface area contributed by atoms with Crippen molar-refractivity contribution in [3.05, 3.63) is 33.5 Å². The maximum Gasteiger partial charge on any atom is 0.261 e. The number of piperidine rings is 1. The molecule has 1 unspecified atom stereocenters. The quantitative estimate of drug-likeness (QED) is 0.842. The third kappa shape index (κ3) is 2.98. The fraction of sp³-hybridized carbons (Fsp3) is 0.588. The van der Waals surface area contributed by atoms with Gasteiger partial charge >= 0.3 is 0 Å². The minimum atomic E-state index is -0.185. The molecule has 2 aliphatic rings. The first-order chi connectivity index (χ1) is 10.5. The number of carbonyl (C=O) groups is 1. The van der Waals surface area contributed by atoms with E-state index in [9.17, 15) is 4.79 Å². The Morgan fingerprint density at radius 2 is 2.27 bits per heavy atom. The van der Waals surface area contributed by atoms with Crippen molar-refractivity contribution in [3.8, 4) is 0 Å². The van der Waals surface area contributed by atoms with Gasteiger partial charge in [0.05, 0.1) is 11.0 Å². The van der Waals surface area contributed by atoms with Crippen molar-refractivity contribution in [2.45, 2.75) is 44.8 Å². The van der Waals surface area contributed by atoms with E-state index in [1.807, 2.05) is 6.92 Å². The maximum atomic E-state index is 12.3. The van der Waals surface area contributed by atoms with Gasteiger partial charge in [-0.3, -0.25) is 4.79 Å². The molecule has 2 aliphatic heterocycles. The summed E-state index contributed by atoms with van der Waals surface area (Å²) in [6.07, 6.45) is 3.08. The Morgan fingerprint density at radius 3 is 2.95 bits per heavy atom. The van der Waals surface area contributed by atoms with E-state index in [0.717, 1.165) is 42.8 Å². The SMILES string of the molecule is C=C(C)CNC(=O)c1cc2c(s1)C1(CCNCC1)OC(C)C2. The van der Waals surface area contributed by atoms with E-state index in [2.05, 4.69) is 30.2 Å². The molecular formula is C17H24N2O2S. The molecule has 4 nitrogen and oxygen atoms in total. The lowest BCUT2D eigenvalue weighted by molar-refractivity contribution is -0.117. The average Bonchev–Trinajstić information content (AvgIpc) is 2.90. The summed E-state index contributed by atoms with van der Waals surface area (Å²) in [5, 5.41) is 6.33. The lowest BCUT2D eigenvalue weighted by Crippen LogP contribution is -2.46. The number of carbonyl (C=O) groups excluding carboxylic acids is 1. The smallest absolute Gasteiger partial charge is 0.261 e. The van der Waals surface area contributed by atoms with E-state index in [4.69, 9.17) is 4.74 Å². The van der Waals surface area contributed by atoms with Gasteiger partial charge in [-0.05, 0) is 57.8 Å². The highest BCUT2D eigenvalue weighted by Gasteiger charge is 2.43. The number of thiophene rings is 1. The van der Waals surface area contributed by atoms with Gasteiger partial charge in [-0.25, -0.2) is 0 Å². The van der Waals surface area contributed by atoms with E-state index in [1.165, 1.54) is 10.4 Å². The van der Waals surface area contributed by atoms with Crippen molar-refractivity contribution < 1.29 is 9.53 Å². The van der Waals surface area contributed by atoms with Crippen molar-refractivity contribution in [1.82, 2.24) is 10.6 Å². The average molecular weight is 320 g/mol. The first-order valence-electron chi connectivity index (χ1n) is 7.94. The van der Waals surface area contributed by atoms with Crippen molar-refractivity contribution in [3.63, 3.8) is 0 Å². The van der Waals surface area contributed by atoms with E-state index in [1.54, 1.807) is 11.3 Å². The Hall–Kier alpha value is -1.17. The molecular weight excluding hydrogens is 296 g/mol. The lowest BCUT2D eigenvalue weighted by atomic mass is 9.84. The molecule has 1 aromatic heterocycles. The number of hydrogen-bond donors (Lipinski definition) is 2. The van der Waals surface area contributed by atoms with Gasteiger partial charge in [0.2, 0.25) is 0 Å². The molecule has 1 aromatic rings. The van der Waals surface area contributed by atoms with E-state index in [-0.39, 0.29) is 17.6 Å². The molecule has 1 spiro atoms. The van der Waals surface area contributed by atoms with Gasteiger partial charge in [0.1, 0.15) is 5.60 Å². The number of hydrogen-bond acceptors (Lipinski definition) is 4. The van der Waals surface area contributed by atoms with E-state index in [0.29, 0.717) is 6.54 Å². The van der Waals surface area contributed by atoms with Crippen LogP contribution in [0.1, 0.15) is 46.8 Å². The molecule has 0 aromatic carbocycles. The van der Waals surface area contributed by atoms with Gasteiger partial charge in [-0.15, -0.1) is 11.3 Å². The molecule has 120 valence electrons. The number of fused-ring (bicyclic) bond motifs is 2. The number of amides is 1. The standard InChI is InChI=1S/C17H24N2O2S/c1-11(2)10-19-16(20)14-9-13-8-12(3)21-17(15(13)22-14)4-6-18-7-5-17/h9,12,18H,1,4-8,10H2,2-3H3,(H,19,20). The molecule has 0 aliphatic carbocycles. The van der Waals surface area contributed by atoms with E-state index < -0.39 is 0 Å². The minimum Gasteiger partial charge on any atom is -0.366 e. The molecule has 0 radical (unpaired) electrons. The third-order valence-electron chi connectivity index (χ3n) is 4.34. The van der Waals surface area contributed by atoms with Crippen molar-refractivity contribution in [1.29, 1.82) is 0 Å². The Morgan fingerprint density at radius 1 is 1.55 bits per heavy atom. The Kier molecular flexibility index (Phi) is 4.39. The summed E-state index contributed by atoms with van der Waals surface area (Å²) in [4.78, 5) is 14.4. The van der Waals surface area contributed by atoms with Crippen molar-refractivity contribution >= 4 is 17.2 Å². The largest absolute Gasteiger partial charge is 0.366 e. The molecule has 2 N–H and O–H groups in total. The van der Waals surface area contributed by atoms with Gasteiger partial charge in [0, 0.05) is 11.4 Å². The van der Waals surface area contributed by atoms with Crippen LogP contribution in [-0.4, -0.2) is 31.6 Å². The van der Waals surface area contributed by atoms with Gasteiger partial charge in [-0.1, -0.05) is 12.2 Å². The highest BCUT2D eigenvalue weighted by Crippen LogP contribution is 2.46. The highest BCUT2D eigenvalue weighted by atomic mass is 32.1.